The van der Waals surface area contributed by atoms with Crippen LogP contribution < -0.4 is 11.5 Å². The molecule has 4 N–H and O–H groups in total. The Kier molecular flexibility index (Phi) is 6.04. The van der Waals surface area contributed by atoms with Gasteiger partial charge in [-0.1, -0.05) is 65.1 Å². The summed E-state index contributed by atoms with van der Waals surface area (Å²) in [6.07, 6.45) is 6.16. The molecule has 0 aliphatic heterocycles. The Morgan fingerprint density at radius 3 is 1.65 bits per heavy atom. The van der Waals surface area contributed by atoms with Gasteiger partial charge in [0.25, 0.3) is 0 Å². The maximum Gasteiger partial charge on any atom is 0.0833 e. The molecule has 0 saturated heterocycles. The van der Waals surface area contributed by atoms with Gasteiger partial charge in [0, 0.05) is 30.4 Å². The first kappa shape index (κ1) is 17.3. The third-order valence-corrected chi connectivity index (χ3v) is 3.82. The fraction of sp³-hybridized carbons (Fsp3) is 0. The average molecular weight is 368 g/mol. The minimum atomic E-state index is 0.383. The lowest BCUT2D eigenvalue weighted by atomic mass is 10.1. The van der Waals surface area contributed by atoms with Crippen LogP contribution in [0.4, 0.5) is 11.4 Å². The third kappa shape index (κ3) is 4.48. The molecule has 7 heteroatoms. The number of nitrogen functional groups attached to an aromatic ring is 2. The number of nitrogens with zero attached hydrogens (tertiary/aromatic N) is 2. The number of rotatable bonds is 1. The van der Waals surface area contributed by atoms with Crippen LogP contribution in [0.15, 0.2) is 55.1 Å². The lowest BCUT2D eigenvalue weighted by Crippen LogP contribution is -1.92. The Morgan fingerprint density at radius 2 is 1.13 bits per heavy atom. The van der Waals surface area contributed by atoms with Gasteiger partial charge < -0.3 is 11.5 Å². The molecule has 0 radical (unpaired) electrons. The molecule has 0 unspecified atom stereocenters. The first-order valence-corrected chi connectivity index (χ1v) is 7.63. The molecule has 23 heavy (non-hydrogen) atoms. The first-order chi connectivity index (χ1) is 11.0. The number of hydrogen-bond acceptors (Lipinski definition) is 4. The first-order valence-electron chi connectivity index (χ1n) is 6.49. The Balaban J connectivity index is 0.000000185. The summed E-state index contributed by atoms with van der Waals surface area (Å²) in [6, 6.07) is 9.82. The highest BCUT2D eigenvalue weighted by molar-refractivity contribution is 6.38. The van der Waals surface area contributed by atoms with E-state index < -0.39 is 0 Å². The van der Waals surface area contributed by atoms with Crippen LogP contribution in [-0.4, -0.2) is 9.97 Å². The molecule has 3 rings (SSSR count). The molecular weight excluding hydrogens is 355 g/mol. The van der Waals surface area contributed by atoms with Gasteiger partial charge in [0.1, 0.15) is 0 Å². The number of halogens is 3. The van der Waals surface area contributed by atoms with Gasteiger partial charge in [0.15, 0.2) is 0 Å². The van der Waals surface area contributed by atoms with Gasteiger partial charge in [-0.15, -0.1) is 0 Å². The largest absolute Gasteiger partial charge is 0.397 e. The molecule has 0 amide bonds. The van der Waals surface area contributed by atoms with Gasteiger partial charge in [-0.3, -0.25) is 9.97 Å². The van der Waals surface area contributed by atoms with Gasteiger partial charge in [0.05, 0.1) is 26.4 Å². The monoisotopic (exact) mass is 366 g/mol. The maximum absolute atomic E-state index is 5.88. The zero-order chi connectivity index (χ0) is 16.8. The molecule has 1 aromatic carbocycles. The van der Waals surface area contributed by atoms with Crippen LogP contribution in [0.1, 0.15) is 0 Å². The zero-order valence-electron chi connectivity index (χ0n) is 11.9. The Bertz CT molecular complexity index is 774. The fourth-order valence-corrected chi connectivity index (χ4v) is 2.24. The minimum Gasteiger partial charge on any atom is -0.397 e. The summed E-state index contributed by atoms with van der Waals surface area (Å²) in [5, 5.41) is 1.27. The predicted molar refractivity (Wildman–Crippen MR) is 97.8 cm³/mol. The van der Waals surface area contributed by atoms with E-state index in [4.69, 9.17) is 46.3 Å². The number of hydrogen-bond donors (Lipinski definition) is 2. The van der Waals surface area contributed by atoms with Crippen LogP contribution >= 0.6 is 34.8 Å². The van der Waals surface area contributed by atoms with Crippen LogP contribution in [0.5, 0.6) is 0 Å². The number of anilines is 2. The summed E-state index contributed by atoms with van der Waals surface area (Å²) < 4.78 is 0. The smallest absolute Gasteiger partial charge is 0.0833 e. The van der Waals surface area contributed by atoms with E-state index >= 15 is 0 Å². The lowest BCUT2D eigenvalue weighted by Gasteiger charge is -2.05. The van der Waals surface area contributed by atoms with E-state index in [0.717, 1.165) is 11.1 Å². The minimum absolute atomic E-state index is 0.383. The van der Waals surface area contributed by atoms with Crippen LogP contribution in [-0.2, 0) is 0 Å². The second-order valence-corrected chi connectivity index (χ2v) is 5.69. The Hall–Kier alpha value is -2.01. The van der Waals surface area contributed by atoms with Gasteiger partial charge >= 0.3 is 0 Å². The summed E-state index contributed by atoms with van der Waals surface area (Å²) in [7, 11) is 0. The number of aromatic nitrogens is 2. The summed E-state index contributed by atoms with van der Waals surface area (Å²) in [5.74, 6) is 0. The molecule has 0 fully saturated rings. The second-order valence-electron chi connectivity index (χ2n) is 4.47. The molecular formula is C16H13Cl3N4. The van der Waals surface area contributed by atoms with Gasteiger partial charge in [0.2, 0.25) is 0 Å². The van der Waals surface area contributed by atoms with Crippen molar-refractivity contribution in [3.63, 3.8) is 0 Å². The van der Waals surface area contributed by atoms with Crippen molar-refractivity contribution >= 4 is 46.2 Å². The van der Waals surface area contributed by atoms with Crippen molar-refractivity contribution in [2.75, 3.05) is 11.5 Å². The molecule has 4 nitrogen and oxygen atoms in total. The summed E-state index contributed by atoms with van der Waals surface area (Å²) >= 11 is 17.0. The van der Waals surface area contributed by atoms with Crippen molar-refractivity contribution in [3.8, 4) is 11.1 Å². The molecule has 0 saturated carbocycles. The highest BCUT2D eigenvalue weighted by Crippen LogP contribution is 2.29. The van der Waals surface area contributed by atoms with Crippen molar-refractivity contribution < 1.29 is 0 Å². The van der Waals surface area contributed by atoms with E-state index in [1.54, 1.807) is 12.4 Å². The van der Waals surface area contributed by atoms with E-state index in [-0.39, 0.29) is 0 Å². The molecule has 0 aliphatic carbocycles. The Labute approximate surface area is 149 Å². The van der Waals surface area contributed by atoms with Crippen molar-refractivity contribution in [3.05, 3.63) is 70.2 Å². The van der Waals surface area contributed by atoms with Crippen molar-refractivity contribution in [2.24, 2.45) is 0 Å². The third-order valence-electron chi connectivity index (χ3n) is 2.91. The lowest BCUT2D eigenvalue weighted by molar-refractivity contribution is 1.33. The number of nitrogens with two attached hydrogens (primary N) is 2. The SMILES string of the molecule is Nc1c(Cl)cncc1-c1ccccc1.Nc1c(Cl)cncc1Cl. The second kappa shape index (κ2) is 8.02. The molecule has 3 aromatic rings. The summed E-state index contributed by atoms with van der Waals surface area (Å²) in [5.41, 5.74) is 14.1. The predicted octanol–water partition coefficient (Wildman–Crippen LogP) is 4.95. The highest BCUT2D eigenvalue weighted by Gasteiger charge is 2.05. The van der Waals surface area contributed by atoms with E-state index in [2.05, 4.69) is 9.97 Å². The van der Waals surface area contributed by atoms with Gasteiger partial charge in [-0.25, -0.2) is 0 Å². The molecule has 118 valence electrons. The van der Waals surface area contributed by atoms with E-state index in [9.17, 15) is 0 Å². The van der Waals surface area contributed by atoms with Crippen LogP contribution in [0.3, 0.4) is 0 Å². The summed E-state index contributed by atoms with van der Waals surface area (Å²) in [4.78, 5) is 7.71. The zero-order valence-corrected chi connectivity index (χ0v) is 14.1. The van der Waals surface area contributed by atoms with Gasteiger partial charge in [-0.2, -0.15) is 0 Å². The summed E-state index contributed by atoms with van der Waals surface area (Å²) in [6.45, 7) is 0. The van der Waals surface area contributed by atoms with Gasteiger partial charge in [-0.05, 0) is 5.56 Å². The standard InChI is InChI=1S/C11H9ClN2.C5H4Cl2N2/c12-10-7-14-6-9(11(10)13)8-4-2-1-3-5-8;6-3-1-9-2-4(7)5(3)8/h1-7H,(H2,13,14);1-2H,(H2,8,9). The van der Waals surface area contributed by atoms with E-state index in [1.807, 2.05) is 30.3 Å². The average Bonchev–Trinajstić information content (AvgIpc) is 2.56. The van der Waals surface area contributed by atoms with Crippen molar-refractivity contribution in [1.82, 2.24) is 9.97 Å². The highest BCUT2D eigenvalue weighted by atomic mass is 35.5. The maximum atomic E-state index is 5.88. The molecule has 0 atom stereocenters. The van der Waals surface area contributed by atoms with E-state index in [0.29, 0.717) is 26.4 Å². The Morgan fingerprint density at radius 1 is 0.652 bits per heavy atom. The van der Waals surface area contributed by atoms with Crippen LogP contribution in [0.25, 0.3) is 11.1 Å². The van der Waals surface area contributed by atoms with Crippen molar-refractivity contribution in [2.45, 2.75) is 0 Å². The molecule has 2 aromatic heterocycles. The molecule has 2 heterocycles. The van der Waals surface area contributed by atoms with Crippen molar-refractivity contribution in [1.29, 1.82) is 0 Å². The van der Waals surface area contributed by atoms with E-state index in [1.165, 1.54) is 12.4 Å². The van der Waals surface area contributed by atoms with Crippen LogP contribution in [0, 0.1) is 0 Å². The number of pyridine rings is 2. The van der Waals surface area contributed by atoms with Crippen LogP contribution in [0.2, 0.25) is 15.1 Å². The quantitative estimate of drug-likeness (QED) is 0.637. The molecule has 0 aliphatic rings. The number of benzene rings is 1. The molecule has 0 spiro atoms. The molecule has 0 bridgehead atoms. The normalized spacial score (nSPS) is 9.87. The topological polar surface area (TPSA) is 77.8 Å². The fourth-order valence-electron chi connectivity index (χ4n) is 1.71.